The van der Waals surface area contributed by atoms with Gasteiger partial charge in [0.05, 0.1) is 14.1 Å². The van der Waals surface area contributed by atoms with E-state index >= 15 is 0 Å². The third-order valence-electron chi connectivity index (χ3n) is 1.40. The van der Waals surface area contributed by atoms with Gasteiger partial charge in [0.1, 0.15) is 6.54 Å². The topological polar surface area (TPSA) is 4.44 Å². The summed E-state index contributed by atoms with van der Waals surface area (Å²) in [7, 11) is 4.32. The van der Waals surface area contributed by atoms with Crippen LogP contribution in [0.3, 0.4) is 0 Å². The largest absolute Gasteiger partial charge is 1.00 e. The van der Waals surface area contributed by atoms with Crippen molar-refractivity contribution in [3.63, 3.8) is 0 Å². The molecule has 0 saturated carbocycles. The first-order valence-electron chi connectivity index (χ1n) is 3.62. The van der Waals surface area contributed by atoms with Gasteiger partial charge in [-0.3, -0.25) is 0 Å². The molecule has 0 amide bonds. The van der Waals surface area contributed by atoms with E-state index in [0.717, 1.165) is 6.54 Å². The lowest BCUT2D eigenvalue weighted by atomic mass is 10.2. The van der Waals surface area contributed by atoms with Gasteiger partial charge in [0.15, 0.2) is 0 Å². The Hall–Kier alpha value is -0.755. The molecule has 0 aliphatic heterocycles. The molecule has 0 atom stereocenters. The van der Waals surface area contributed by atoms with Crippen LogP contribution in [0, 0.1) is 0 Å². The summed E-state index contributed by atoms with van der Waals surface area (Å²) in [6, 6.07) is 10.5. The van der Waals surface area contributed by atoms with Crippen molar-refractivity contribution in [1.82, 2.24) is 0 Å². The second-order valence-electron chi connectivity index (χ2n) is 2.87. The van der Waals surface area contributed by atoms with E-state index in [4.69, 9.17) is 0 Å². The maximum atomic E-state index is 2.16. The fourth-order valence-corrected chi connectivity index (χ4v) is 1.00. The van der Waals surface area contributed by atoms with Crippen LogP contribution < -0.4 is 4.90 Å². The quantitative estimate of drug-likeness (QED) is 0.559. The van der Waals surface area contributed by atoms with Crippen LogP contribution in [-0.2, 0) is 6.54 Å². The van der Waals surface area contributed by atoms with Gasteiger partial charge in [-0.05, 0) is 0 Å². The Bertz CT molecular complexity index is 184. The van der Waals surface area contributed by atoms with Crippen molar-refractivity contribution >= 4 is 8.41 Å². The fourth-order valence-electron chi connectivity index (χ4n) is 1.00. The zero-order chi connectivity index (χ0) is 7.40. The van der Waals surface area contributed by atoms with Crippen LogP contribution in [0.5, 0.6) is 0 Å². The van der Waals surface area contributed by atoms with Crippen LogP contribution in [0.1, 0.15) is 5.56 Å². The molecule has 0 unspecified atom stereocenters. The van der Waals surface area contributed by atoms with Crippen molar-refractivity contribution in [1.29, 1.82) is 0 Å². The first kappa shape index (κ1) is 10.2. The van der Waals surface area contributed by atoms with Crippen LogP contribution in [0.2, 0.25) is 0 Å². The minimum atomic E-state index is 0. The van der Waals surface area contributed by atoms with Crippen LogP contribution in [-0.4, -0.2) is 22.5 Å². The van der Waals surface area contributed by atoms with Crippen LogP contribution in [0.15, 0.2) is 30.3 Å². The molecule has 0 spiro atoms. The molecule has 0 aromatic heterocycles. The highest BCUT2D eigenvalue weighted by atomic mass is 15.0. The highest BCUT2D eigenvalue weighted by Crippen LogP contribution is 1.94. The Morgan fingerprint density at radius 3 is 2.09 bits per heavy atom. The molecule has 58 valence electrons. The summed E-state index contributed by atoms with van der Waals surface area (Å²) in [5, 5.41) is 0. The molecular formula is C9H14BN. The summed E-state index contributed by atoms with van der Waals surface area (Å²) in [5.41, 5.74) is 1.41. The summed E-state index contributed by atoms with van der Waals surface area (Å²) in [6.07, 6.45) is 0. The predicted molar refractivity (Wildman–Crippen MR) is 48.7 cm³/mol. The summed E-state index contributed by atoms with van der Waals surface area (Å²) in [4.78, 5) is 1.46. The molecule has 11 heavy (non-hydrogen) atoms. The number of quaternary nitrogens is 1. The van der Waals surface area contributed by atoms with Gasteiger partial charge in [0.2, 0.25) is 0 Å². The molecule has 0 heterocycles. The summed E-state index contributed by atoms with van der Waals surface area (Å²) in [5.74, 6) is 0. The van der Waals surface area contributed by atoms with E-state index in [1.54, 1.807) is 0 Å². The van der Waals surface area contributed by atoms with E-state index in [-0.39, 0.29) is 8.41 Å². The molecule has 1 aromatic rings. The molecule has 0 fully saturated rings. The molecule has 1 aromatic carbocycles. The second-order valence-corrected chi connectivity index (χ2v) is 2.87. The molecule has 2 heteroatoms. The SMILES string of the molecule is C[NH+](C)Cc1ccccc1.[B-]. The fraction of sp³-hybridized carbons (Fsp3) is 0.333. The third kappa shape index (κ3) is 3.84. The highest BCUT2D eigenvalue weighted by Gasteiger charge is 1.93. The molecule has 1 nitrogen and oxygen atoms in total. The maximum Gasteiger partial charge on any atom is 0.102 e. The van der Waals surface area contributed by atoms with Crippen molar-refractivity contribution in [3.8, 4) is 0 Å². The average Bonchev–Trinajstić information content (AvgIpc) is 1.88. The number of hydrogen-bond donors (Lipinski definition) is 1. The van der Waals surface area contributed by atoms with Crippen LogP contribution in [0.25, 0.3) is 0 Å². The van der Waals surface area contributed by atoms with Gasteiger partial charge >= 0.3 is 0 Å². The van der Waals surface area contributed by atoms with Crippen molar-refractivity contribution in [2.45, 2.75) is 6.54 Å². The number of benzene rings is 1. The third-order valence-corrected chi connectivity index (χ3v) is 1.40. The number of rotatable bonds is 2. The van der Waals surface area contributed by atoms with Crippen molar-refractivity contribution < 1.29 is 4.90 Å². The maximum absolute atomic E-state index is 2.16. The van der Waals surface area contributed by atoms with Gasteiger partial charge in [0, 0.05) is 5.56 Å². The summed E-state index contributed by atoms with van der Waals surface area (Å²) >= 11 is 0. The molecule has 0 bridgehead atoms. The summed E-state index contributed by atoms with van der Waals surface area (Å²) in [6.45, 7) is 1.11. The first-order chi connectivity index (χ1) is 4.79. The normalized spacial score (nSPS) is 9.36. The molecule has 0 saturated heterocycles. The standard InChI is InChI=1S/C9H13N.B/c1-10(2)8-9-6-4-3-5-7-9;/h3-7H,8H2,1-2H3;/q;-1/p+1. The lowest BCUT2D eigenvalue weighted by molar-refractivity contribution is -0.872. The van der Waals surface area contributed by atoms with E-state index in [9.17, 15) is 0 Å². The monoisotopic (exact) mass is 147 g/mol. The minimum Gasteiger partial charge on any atom is -1.00 e. The lowest BCUT2D eigenvalue weighted by Crippen LogP contribution is -3.04. The van der Waals surface area contributed by atoms with Crippen molar-refractivity contribution in [3.05, 3.63) is 35.9 Å². The van der Waals surface area contributed by atoms with E-state index in [2.05, 4.69) is 44.4 Å². The number of hydrogen-bond acceptors (Lipinski definition) is 0. The van der Waals surface area contributed by atoms with Gasteiger partial charge in [0.25, 0.3) is 0 Å². The minimum absolute atomic E-state index is 0. The van der Waals surface area contributed by atoms with Crippen molar-refractivity contribution in [2.24, 2.45) is 0 Å². The highest BCUT2D eigenvalue weighted by molar-refractivity contribution is 5.75. The van der Waals surface area contributed by atoms with Crippen LogP contribution >= 0.6 is 0 Å². The lowest BCUT2D eigenvalue weighted by Gasteiger charge is -2.05. The van der Waals surface area contributed by atoms with Gasteiger partial charge in [-0.15, -0.1) is 0 Å². The average molecular weight is 147 g/mol. The van der Waals surface area contributed by atoms with E-state index in [1.165, 1.54) is 10.5 Å². The van der Waals surface area contributed by atoms with Crippen LogP contribution in [0.4, 0.5) is 0 Å². The Kier molecular flexibility index (Phi) is 4.63. The Labute approximate surface area is 70.6 Å². The second kappa shape index (κ2) is 4.97. The molecular weight excluding hydrogens is 133 g/mol. The van der Waals surface area contributed by atoms with Crippen molar-refractivity contribution in [2.75, 3.05) is 14.1 Å². The van der Waals surface area contributed by atoms with Gasteiger partial charge < -0.3 is 13.3 Å². The molecule has 0 aliphatic rings. The summed E-state index contributed by atoms with van der Waals surface area (Å²) < 4.78 is 0. The molecule has 4 radical (unpaired) electrons. The van der Waals surface area contributed by atoms with E-state index in [0.29, 0.717) is 0 Å². The Morgan fingerprint density at radius 1 is 1.09 bits per heavy atom. The van der Waals surface area contributed by atoms with E-state index in [1.807, 2.05) is 0 Å². The van der Waals surface area contributed by atoms with Gasteiger partial charge in [-0.25, -0.2) is 0 Å². The predicted octanol–water partition coefficient (Wildman–Crippen LogP) is -0.0497. The Balaban J connectivity index is 0.000001000. The smallest absolute Gasteiger partial charge is 0.102 e. The zero-order valence-corrected chi connectivity index (χ0v) is 7.17. The number of nitrogens with one attached hydrogen (secondary N) is 1. The van der Waals surface area contributed by atoms with Gasteiger partial charge in [-0.2, -0.15) is 0 Å². The zero-order valence-electron chi connectivity index (χ0n) is 7.17. The van der Waals surface area contributed by atoms with E-state index < -0.39 is 0 Å². The molecule has 1 rings (SSSR count). The van der Waals surface area contributed by atoms with Gasteiger partial charge in [-0.1, -0.05) is 30.3 Å². The molecule has 0 aliphatic carbocycles. The Morgan fingerprint density at radius 2 is 1.64 bits per heavy atom. The molecule has 1 N–H and O–H groups in total. The first-order valence-corrected chi connectivity index (χ1v) is 3.62.